The van der Waals surface area contributed by atoms with Gasteiger partial charge in [-0.3, -0.25) is 9.58 Å². The first-order valence-corrected chi connectivity index (χ1v) is 7.71. The third-order valence-electron chi connectivity index (χ3n) is 3.22. The minimum absolute atomic E-state index is 0.440. The highest BCUT2D eigenvalue weighted by Gasteiger charge is 2.11. The minimum atomic E-state index is -0.440. The van der Waals surface area contributed by atoms with Crippen LogP contribution in [0.15, 0.2) is 42.7 Å². The molecule has 0 aliphatic rings. The topological polar surface area (TPSA) is 54.2 Å². The van der Waals surface area contributed by atoms with Crippen LogP contribution in [0.4, 0.5) is 0 Å². The summed E-state index contributed by atoms with van der Waals surface area (Å²) in [5.41, 5.74) is 1.04. The first-order chi connectivity index (χ1) is 10.2. The molecule has 0 unspecified atom stereocenters. The Kier molecular flexibility index (Phi) is 4.28. The molecule has 1 aromatic carbocycles. The molecule has 1 atom stereocenters. The third-order valence-corrected chi connectivity index (χ3v) is 4.24. The normalized spacial score (nSPS) is 13.1. The second kappa shape index (κ2) is 6.34. The molecule has 6 heteroatoms. The molecule has 3 rings (SSSR count). The zero-order valence-electron chi connectivity index (χ0n) is 11.9. The van der Waals surface area contributed by atoms with Gasteiger partial charge in [0.25, 0.3) is 0 Å². The molecule has 0 aliphatic heterocycles. The quantitative estimate of drug-likeness (QED) is 0.756. The lowest BCUT2D eigenvalue weighted by atomic mass is 10.3. The summed E-state index contributed by atoms with van der Waals surface area (Å²) in [6.07, 6.45) is 3.14. The van der Waals surface area contributed by atoms with Crippen molar-refractivity contribution in [2.24, 2.45) is 0 Å². The largest absolute Gasteiger partial charge is 0.390 e. The maximum atomic E-state index is 10.1. The SMILES string of the molecule is CN(Cc1nc2ccccc2s1)C[C@@H](O)Cn1cccn1. The zero-order chi connectivity index (χ0) is 14.7. The van der Waals surface area contributed by atoms with Crippen LogP contribution in [-0.2, 0) is 13.1 Å². The molecule has 0 radical (unpaired) electrons. The van der Waals surface area contributed by atoms with E-state index in [1.807, 2.05) is 37.5 Å². The van der Waals surface area contributed by atoms with Gasteiger partial charge < -0.3 is 5.11 Å². The molecule has 2 aromatic heterocycles. The fraction of sp³-hybridized carbons (Fsp3) is 0.333. The van der Waals surface area contributed by atoms with E-state index in [-0.39, 0.29) is 0 Å². The summed E-state index contributed by atoms with van der Waals surface area (Å²) >= 11 is 1.71. The molecule has 2 heterocycles. The molecule has 0 bridgehead atoms. The number of aromatic nitrogens is 3. The van der Waals surface area contributed by atoms with E-state index in [9.17, 15) is 5.11 Å². The lowest BCUT2D eigenvalue weighted by Gasteiger charge is -2.19. The minimum Gasteiger partial charge on any atom is -0.390 e. The van der Waals surface area contributed by atoms with Crippen molar-refractivity contribution in [3.05, 3.63) is 47.7 Å². The zero-order valence-corrected chi connectivity index (χ0v) is 12.7. The second-order valence-corrected chi connectivity index (χ2v) is 6.27. The van der Waals surface area contributed by atoms with E-state index < -0.39 is 6.10 Å². The summed E-state index contributed by atoms with van der Waals surface area (Å²) < 4.78 is 2.95. The number of para-hydroxylation sites is 1. The van der Waals surface area contributed by atoms with Gasteiger partial charge in [-0.05, 0) is 25.2 Å². The molecule has 0 aliphatic carbocycles. The summed E-state index contributed by atoms with van der Waals surface area (Å²) in [6.45, 7) is 1.85. The van der Waals surface area contributed by atoms with E-state index in [0.29, 0.717) is 13.1 Å². The van der Waals surface area contributed by atoms with Crippen LogP contribution in [0.25, 0.3) is 10.2 Å². The Labute approximate surface area is 127 Å². The number of nitrogens with zero attached hydrogens (tertiary/aromatic N) is 4. The van der Waals surface area contributed by atoms with Gasteiger partial charge in [-0.25, -0.2) is 4.98 Å². The number of likely N-dealkylation sites (N-methyl/N-ethyl adjacent to an activating group) is 1. The highest BCUT2D eigenvalue weighted by molar-refractivity contribution is 7.18. The smallest absolute Gasteiger partial charge is 0.108 e. The third kappa shape index (κ3) is 3.66. The molecule has 0 saturated heterocycles. The Morgan fingerprint density at radius 1 is 1.33 bits per heavy atom. The molecule has 0 amide bonds. The summed E-state index contributed by atoms with van der Waals surface area (Å²) in [4.78, 5) is 6.70. The van der Waals surface area contributed by atoms with Gasteiger partial charge in [0.05, 0.1) is 29.4 Å². The number of benzene rings is 1. The van der Waals surface area contributed by atoms with Gasteiger partial charge in [-0.1, -0.05) is 12.1 Å². The van der Waals surface area contributed by atoms with Crippen LogP contribution < -0.4 is 0 Å². The molecule has 3 aromatic rings. The van der Waals surface area contributed by atoms with Crippen molar-refractivity contribution in [2.75, 3.05) is 13.6 Å². The van der Waals surface area contributed by atoms with Crippen molar-refractivity contribution in [1.29, 1.82) is 0 Å². The molecule has 0 fully saturated rings. The fourth-order valence-electron chi connectivity index (χ4n) is 2.32. The van der Waals surface area contributed by atoms with Crippen LogP contribution >= 0.6 is 11.3 Å². The van der Waals surface area contributed by atoms with E-state index in [2.05, 4.69) is 21.0 Å². The number of aliphatic hydroxyl groups excluding tert-OH is 1. The fourth-order valence-corrected chi connectivity index (χ4v) is 3.37. The Balaban J connectivity index is 1.56. The van der Waals surface area contributed by atoms with Crippen LogP contribution in [0, 0.1) is 0 Å². The van der Waals surface area contributed by atoms with E-state index in [0.717, 1.165) is 17.1 Å². The Hall–Kier alpha value is -1.76. The van der Waals surface area contributed by atoms with Gasteiger partial charge in [-0.2, -0.15) is 5.10 Å². The van der Waals surface area contributed by atoms with Gasteiger partial charge in [0, 0.05) is 18.9 Å². The van der Waals surface area contributed by atoms with Gasteiger partial charge in [0.15, 0.2) is 0 Å². The monoisotopic (exact) mass is 302 g/mol. The molecule has 5 nitrogen and oxygen atoms in total. The van der Waals surface area contributed by atoms with Crippen molar-refractivity contribution in [3.8, 4) is 0 Å². The van der Waals surface area contributed by atoms with Crippen LogP contribution in [0.3, 0.4) is 0 Å². The average Bonchev–Trinajstić information content (AvgIpc) is 3.06. The van der Waals surface area contributed by atoms with Crippen molar-refractivity contribution < 1.29 is 5.11 Å². The molecule has 1 N–H and O–H groups in total. The van der Waals surface area contributed by atoms with Gasteiger partial charge in [0.2, 0.25) is 0 Å². The molecular weight excluding hydrogens is 284 g/mol. The number of hydrogen-bond donors (Lipinski definition) is 1. The predicted molar refractivity (Wildman–Crippen MR) is 84.2 cm³/mol. The molecule has 0 saturated carbocycles. The van der Waals surface area contributed by atoms with Crippen LogP contribution in [0.5, 0.6) is 0 Å². The lowest BCUT2D eigenvalue weighted by molar-refractivity contribution is 0.104. The van der Waals surface area contributed by atoms with Crippen LogP contribution in [0.1, 0.15) is 5.01 Å². The van der Waals surface area contributed by atoms with Crippen molar-refractivity contribution >= 4 is 21.6 Å². The van der Waals surface area contributed by atoms with Crippen molar-refractivity contribution in [2.45, 2.75) is 19.2 Å². The molecule has 0 spiro atoms. The summed E-state index contributed by atoms with van der Waals surface area (Å²) in [7, 11) is 2.00. The van der Waals surface area contributed by atoms with Gasteiger partial charge >= 0.3 is 0 Å². The first-order valence-electron chi connectivity index (χ1n) is 6.89. The highest BCUT2D eigenvalue weighted by Crippen LogP contribution is 2.22. The number of rotatable bonds is 6. The van der Waals surface area contributed by atoms with E-state index >= 15 is 0 Å². The second-order valence-electron chi connectivity index (χ2n) is 5.15. The number of hydrogen-bond acceptors (Lipinski definition) is 5. The summed E-state index contributed by atoms with van der Waals surface area (Å²) in [5.74, 6) is 0. The number of aliphatic hydroxyl groups is 1. The Morgan fingerprint density at radius 2 is 2.19 bits per heavy atom. The lowest BCUT2D eigenvalue weighted by Crippen LogP contribution is -2.31. The standard InChI is InChI=1S/C15H18N4OS/c1-18(9-12(20)10-19-8-4-7-16-19)11-15-17-13-5-2-3-6-14(13)21-15/h2-8,12,20H,9-11H2,1H3/t12-/m1/s1. The van der Waals surface area contributed by atoms with Crippen LogP contribution in [0.2, 0.25) is 0 Å². The van der Waals surface area contributed by atoms with Gasteiger partial charge in [-0.15, -0.1) is 11.3 Å². The average molecular weight is 302 g/mol. The van der Waals surface area contributed by atoms with E-state index in [4.69, 9.17) is 0 Å². The number of fused-ring (bicyclic) bond motifs is 1. The predicted octanol–water partition coefficient (Wildman–Crippen LogP) is 1.99. The van der Waals surface area contributed by atoms with E-state index in [1.165, 1.54) is 4.70 Å². The summed E-state index contributed by atoms with van der Waals surface area (Å²) in [6, 6.07) is 10.0. The van der Waals surface area contributed by atoms with Crippen molar-refractivity contribution in [1.82, 2.24) is 19.7 Å². The Morgan fingerprint density at radius 3 is 2.95 bits per heavy atom. The first kappa shape index (κ1) is 14.2. The van der Waals surface area contributed by atoms with E-state index in [1.54, 1.807) is 22.2 Å². The molecular formula is C15H18N4OS. The highest BCUT2D eigenvalue weighted by atomic mass is 32.1. The molecule has 110 valence electrons. The molecule has 21 heavy (non-hydrogen) atoms. The van der Waals surface area contributed by atoms with Gasteiger partial charge in [0.1, 0.15) is 5.01 Å². The maximum Gasteiger partial charge on any atom is 0.108 e. The van der Waals surface area contributed by atoms with Crippen LogP contribution in [-0.4, -0.2) is 44.5 Å². The number of thiazole rings is 1. The summed E-state index contributed by atoms with van der Waals surface area (Å²) in [5, 5.41) is 15.3. The maximum absolute atomic E-state index is 10.1. The van der Waals surface area contributed by atoms with Crippen molar-refractivity contribution in [3.63, 3.8) is 0 Å². The Bertz CT molecular complexity index is 662.